The van der Waals surface area contributed by atoms with Gasteiger partial charge in [-0.15, -0.1) is 0 Å². The van der Waals surface area contributed by atoms with Crippen LogP contribution in [-0.2, 0) is 37.0 Å². The number of hydrogen-bond donors (Lipinski definition) is 4. The van der Waals surface area contributed by atoms with Crippen LogP contribution < -0.4 is 16.0 Å². The predicted octanol–water partition coefficient (Wildman–Crippen LogP) is 6.81. The Morgan fingerprint density at radius 2 is 1.14 bits per heavy atom. The second kappa shape index (κ2) is 20.1. The van der Waals surface area contributed by atoms with Gasteiger partial charge in [-0.3, -0.25) is 19.4 Å². The van der Waals surface area contributed by atoms with E-state index >= 15 is 0 Å². The number of amides is 5. The Kier molecular flexibility index (Phi) is 14.3. The van der Waals surface area contributed by atoms with Gasteiger partial charge in [0, 0.05) is 30.3 Å². The number of alkyl carbamates (subject to hydrolysis) is 1. The van der Waals surface area contributed by atoms with Crippen molar-refractivity contribution in [2.24, 2.45) is 0 Å². The first-order valence-electron chi connectivity index (χ1n) is 19.6. The molecule has 2 saturated heterocycles. The maximum atomic E-state index is 13.6. The number of ether oxygens (including phenoxy) is 3. The predicted molar refractivity (Wildman–Crippen MR) is 222 cm³/mol. The van der Waals surface area contributed by atoms with E-state index in [0.29, 0.717) is 11.4 Å². The SMILES string of the molecule is CCC(C)NC(=O)O[C@@H]1C[C@@H](C(=O)Nc2ccc(/C=C/c3ccc(NC(=O)[C@@H]4C[C@@H](O)CN4C(=O)OCc4ccccc4)cc3)cc2)N(C(=O)OCc2ccccc2)C1. The van der Waals surface area contributed by atoms with Crippen LogP contribution in [0.3, 0.4) is 0 Å². The molecule has 6 rings (SSSR count). The molecule has 2 aliphatic heterocycles. The van der Waals surface area contributed by atoms with Gasteiger partial charge in [-0.25, -0.2) is 14.4 Å². The summed E-state index contributed by atoms with van der Waals surface area (Å²) >= 11 is 0. The Morgan fingerprint density at radius 1 is 0.678 bits per heavy atom. The monoisotopic (exact) mass is 803 g/mol. The highest BCUT2D eigenvalue weighted by molar-refractivity contribution is 5.98. The first kappa shape index (κ1) is 41.9. The average Bonchev–Trinajstić information content (AvgIpc) is 3.86. The summed E-state index contributed by atoms with van der Waals surface area (Å²) in [5.41, 5.74) is 4.37. The van der Waals surface area contributed by atoms with Gasteiger partial charge in [0.05, 0.1) is 19.2 Å². The summed E-state index contributed by atoms with van der Waals surface area (Å²) in [4.78, 5) is 67.8. The number of aliphatic hydroxyl groups excluding tert-OH is 1. The smallest absolute Gasteiger partial charge is 0.410 e. The normalized spacial score (nSPS) is 19.2. The highest BCUT2D eigenvalue weighted by Gasteiger charge is 2.43. The molecule has 0 bridgehead atoms. The number of carbonyl (C=O) groups is 5. The lowest BCUT2D eigenvalue weighted by atomic mass is 10.1. The van der Waals surface area contributed by atoms with Gasteiger partial charge >= 0.3 is 18.3 Å². The third-order valence-corrected chi connectivity index (χ3v) is 10.1. The van der Waals surface area contributed by atoms with Crippen LogP contribution in [0.25, 0.3) is 12.2 Å². The topological polar surface area (TPSA) is 176 Å². The van der Waals surface area contributed by atoms with Crippen LogP contribution in [0.2, 0.25) is 0 Å². The maximum absolute atomic E-state index is 13.6. The van der Waals surface area contributed by atoms with Crippen molar-refractivity contribution < 1.29 is 43.3 Å². The number of nitrogens with zero attached hydrogens (tertiary/aromatic N) is 2. The minimum absolute atomic E-state index is 0.00375. The van der Waals surface area contributed by atoms with Gasteiger partial charge in [0.2, 0.25) is 11.8 Å². The molecule has 0 saturated carbocycles. The zero-order valence-corrected chi connectivity index (χ0v) is 33.0. The molecule has 14 heteroatoms. The lowest BCUT2D eigenvalue weighted by Crippen LogP contribution is -2.43. The van der Waals surface area contributed by atoms with Gasteiger partial charge in [0.15, 0.2) is 0 Å². The van der Waals surface area contributed by atoms with Crippen LogP contribution in [0.4, 0.5) is 25.8 Å². The summed E-state index contributed by atoms with van der Waals surface area (Å²) in [6.45, 7) is 3.89. The summed E-state index contributed by atoms with van der Waals surface area (Å²) in [6.07, 6.45) is 1.22. The highest BCUT2D eigenvalue weighted by Crippen LogP contribution is 2.25. The second-order valence-electron chi connectivity index (χ2n) is 14.6. The summed E-state index contributed by atoms with van der Waals surface area (Å²) in [5, 5.41) is 18.7. The highest BCUT2D eigenvalue weighted by atomic mass is 16.6. The quantitative estimate of drug-likeness (QED) is 0.0836. The number of β-amino-alcohol motifs (C(OH)–C–C–N with tert-alkyl or cyclic N) is 1. The van der Waals surface area contributed by atoms with Crippen molar-refractivity contribution in [3.05, 3.63) is 131 Å². The van der Waals surface area contributed by atoms with Crippen LogP contribution >= 0.6 is 0 Å². The second-order valence-corrected chi connectivity index (χ2v) is 14.6. The van der Waals surface area contributed by atoms with Crippen LogP contribution in [0.15, 0.2) is 109 Å². The van der Waals surface area contributed by atoms with E-state index in [0.717, 1.165) is 28.7 Å². The first-order chi connectivity index (χ1) is 28.5. The molecule has 2 aliphatic rings. The molecule has 0 aromatic heterocycles. The first-order valence-corrected chi connectivity index (χ1v) is 19.6. The minimum atomic E-state index is -0.933. The van der Waals surface area contributed by atoms with Crippen molar-refractivity contribution in [1.29, 1.82) is 0 Å². The Labute approximate surface area is 343 Å². The number of aliphatic hydroxyl groups is 1. The van der Waals surface area contributed by atoms with E-state index in [-0.39, 0.29) is 45.2 Å². The van der Waals surface area contributed by atoms with Gasteiger partial charge in [0.25, 0.3) is 0 Å². The number of benzene rings is 4. The van der Waals surface area contributed by atoms with Gasteiger partial charge in [-0.05, 0) is 59.9 Å². The largest absolute Gasteiger partial charge is 0.445 e. The van der Waals surface area contributed by atoms with Gasteiger partial charge < -0.3 is 35.3 Å². The lowest BCUT2D eigenvalue weighted by Gasteiger charge is -2.23. The molecule has 1 unspecified atom stereocenters. The Balaban J connectivity index is 1.01. The molecule has 0 aliphatic carbocycles. The van der Waals surface area contributed by atoms with Crippen LogP contribution in [-0.4, -0.2) is 88.4 Å². The molecule has 2 fully saturated rings. The Hall–Kier alpha value is -6.67. The number of hydrogen-bond acceptors (Lipinski definition) is 9. The standard InChI is InChI=1S/C45H49N5O9/c1-3-30(2)46-43(54)59-38-25-40(50(27-38)45(56)58-29-34-12-8-5-9-13-34)42(53)48-36-22-18-32(19-23-36)15-14-31-16-20-35(21-17-31)47-41(52)39-24-37(51)26-49(39)44(55)57-28-33-10-6-4-7-11-33/h4-23,30,37-40,51H,3,24-29H2,1-2H3,(H,46,54)(H,47,52)(H,48,53)/b15-14+/t30?,37-,38-,39+,40+/m1/s1. The van der Waals surface area contributed by atoms with Crippen molar-refractivity contribution in [3.8, 4) is 0 Å². The van der Waals surface area contributed by atoms with Gasteiger partial charge in [0.1, 0.15) is 31.4 Å². The van der Waals surface area contributed by atoms with E-state index in [4.69, 9.17) is 14.2 Å². The molecule has 59 heavy (non-hydrogen) atoms. The van der Waals surface area contributed by atoms with Crippen molar-refractivity contribution in [3.63, 3.8) is 0 Å². The van der Waals surface area contributed by atoms with Crippen molar-refractivity contribution in [2.45, 2.75) is 76.7 Å². The fourth-order valence-corrected chi connectivity index (χ4v) is 6.69. The molecule has 2 heterocycles. The Bertz CT molecular complexity index is 2080. The number of rotatable bonds is 13. The average molecular weight is 804 g/mol. The molecule has 5 amide bonds. The van der Waals surface area contributed by atoms with Crippen LogP contribution in [0, 0.1) is 0 Å². The van der Waals surface area contributed by atoms with Crippen molar-refractivity contribution >= 4 is 53.6 Å². The molecule has 4 N–H and O–H groups in total. The van der Waals surface area contributed by atoms with Crippen molar-refractivity contribution in [2.75, 3.05) is 23.7 Å². The molecule has 0 spiro atoms. The number of nitrogens with one attached hydrogen (secondary N) is 3. The third-order valence-electron chi connectivity index (χ3n) is 10.1. The van der Waals surface area contributed by atoms with E-state index < -0.39 is 54.4 Å². The molecule has 0 radical (unpaired) electrons. The molecule has 4 aromatic rings. The van der Waals surface area contributed by atoms with E-state index in [9.17, 15) is 29.1 Å². The van der Waals surface area contributed by atoms with Crippen molar-refractivity contribution in [1.82, 2.24) is 15.1 Å². The number of carbonyl (C=O) groups excluding carboxylic acids is 5. The van der Waals surface area contributed by atoms with Gasteiger partial charge in [-0.1, -0.05) is 104 Å². The maximum Gasteiger partial charge on any atom is 0.410 e. The summed E-state index contributed by atoms with van der Waals surface area (Å²) in [7, 11) is 0. The van der Waals surface area contributed by atoms with Gasteiger partial charge in [-0.2, -0.15) is 0 Å². The fraction of sp³-hybridized carbons (Fsp3) is 0.311. The lowest BCUT2D eigenvalue weighted by molar-refractivity contribution is -0.120. The molecule has 4 aromatic carbocycles. The Morgan fingerprint density at radius 3 is 1.61 bits per heavy atom. The number of likely N-dealkylation sites (tertiary alicyclic amines) is 2. The summed E-state index contributed by atoms with van der Waals surface area (Å²) in [5.74, 6) is -0.861. The molecular formula is C45H49N5O9. The minimum Gasteiger partial charge on any atom is -0.445 e. The molecule has 14 nitrogen and oxygen atoms in total. The van der Waals surface area contributed by atoms with E-state index in [1.54, 1.807) is 24.3 Å². The summed E-state index contributed by atoms with van der Waals surface area (Å²) < 4.78 is 16.5. The molecule has 308 valence electrons. The number of anilines is 2. The van der Waals surface area contributed by atoms with Crippen LogP contribution in [0.1, 0.15) is 55.4 Å². The van der Waals surface area contributed by atoms with E-state index in [1.807, 2.05) is 111 Å². The summed E-state index contributed by atoms with van der Waals surface area (Å²) in [6, 6.07) is 30.8. The molecule has 5 atom stereocenters. The molecular weight excluding hydrogens is 755 g/mol. The van der Waals surface area contributed by atoms with E-state index in [1.165, 1.54) is 9.80 Å². The van der Waals surface area contributed by atoms with Crippen LogP contribution in [0.5, 0.6) is 0 Å². The zero-order chi connectivity index (χ0) is 41.7. The fourth-order valence-electron chi connectivity index (χ4n) is 6.69. The zero-order valence-electron chi connectivity index (χ0n) is 33.0. The van der Waals surface area contributed by atoms with E-state index in [2.05, 4.69) is 16.0 Å². The third kappa shape index (κ3) is 11.9.